The van der Waals surface area contributed by atoms with Crippen LogP contribution in [0.1, 0.15) is 28.5 Å². The molecule has 1 aromatic heterocycles. The second-order valence-corrected chi connectivity index (χ2v) is 6.52. The fourth-order valence-corrected chi connectivity index (χ4v) is 3.17. The average Bonchev–Trinajstić information content (AvgIpc) is 3.34. The van der Waals surface area contributed by atoms with Gasteiger partial charge in [-0.2, -0.15) is 0 Å². The maximum atomic E-state index is 13.1. The number of rotatable bonds is 6. The third-order valence-electron chi connectivity index (χ3n) is 4.54. The molecule has 10 heteroatoms. The Balaban J connectivity index is 1.62. The first-order chi connectivity index (χ1) is 14.4. The number of carbonyl (C=O) groups excluding carboxylic acids is 1. The number of aliphatic carboxylic acids is 1. The molecule has 154 valence electrons. The van der Waals surface area contributed by atoms with Crippen molar-refractivity contribution in [1.29, 1.82) is 0 Å². The Hall–Kier alpha value is -4.08. The van der Waals surface area contributed by atoms with E-state index in [1.54, 1.807) is 18.2 Å². The normalized spacial score (nSPS) is 13.1. The van der Waals surface area contributed by atoms with Gasteiger partial charge in [0.2, 0.25) is 6.79 Å². The summed E-state index contributed by atoms with van der Waals surface area (Å²) in [5.41, 5.74) is 0.179. The van der Waals surface area contributed by atoms with Crippen LogP contribution in [-0.2, 0) is 4.79 Å². The number of halogens is 1. The minimum absolute atomic E-state index is 0.00603. The van der Waals surface area contributed by atoms with Gasteiger partial charge in [0.05, 0.1) is 18.2 Å². The van der Waals surface area contributed by atoms with E-state index in [0.717, 1.165) is 10.7 Å². The summed E-state index contributed by atoms with van der Waals surface area (Å²) in [5.74, 6) is -1.46. The van der Waals surface area contributed by atoms with Crippen molar-refractivity contribution in [2.24, 2.45) is 0 Å². The van der Waals surface area contributed by atoms with Gasteiger partial charge in [-0.1, -0.05) is 12.1 Å². The maximum absolute atomic E-state index is 13.1. The molecule has 4 rings (SSSR count). The fourth-order valence-electron chi connectivity index (χ4n) is 3.17. The minimum Gasteiger partial charge on any atom is -0.481 e. The summed E-state index contributed by atoms with van der Waals surface area (Å²) in [7, 11) is 0. The standard InChI is InChI=1S/C20H16FN3O6/c21-11-4-6-12(7-5-11)24-17(25)8-15(23-24)20(28)22-14(9-18(26)27)13-2-1-3-16-19(13)30-10-29-16/h1-8,14,23H,9-10H2,(H,22,28)(H,26,27). The number of amides is 1. The molecule has 1 unspecified atom stereocenters. The second kappa shape index (κ2) is 7.74. The van der Waals surface area contributed by atoms with Crippen LogP contribution in [-0.4, -0.2) is 33.6 Å². The first-order valence-electron chi connectivity index (χ1n) is 8.91. The Morgan fingerprint density at radius 2 is 1.97 bits per heavy atom. The lowest BCUT2D eigenvalue weighted by atomic mass is 10.0. The zero-order valence-corrected chi connectivity index (χ0v) is 15.4. The summed E-state index contributed by atoms with van der Waals surface area (Å²) in [4.78, 5) is 36.3. The van der Waals surface area contributed by atoms with E-state index in [9.17, 15) is 23.9 Å². The van der Waals surface area contributed by atoms with Gasteiger partial charge >= 0.3 is 5.97 Å². The Labute approximate surface area is 168 Å². The Morgan fingerprint density at radius 3 is 2.70 bits per heavy atom. The lowest BCUT2D eigenvalue weighted by molar-refractivity contribution is -0.137. The number of nitrogens with zero attached hydrogens (tertiary/aromatic N) is 1. The molecule has 1 amide bonds. The number of para-hydroxylation sites is 1. The molecule has 0 radical (unpaired) electrons. The van der Waals surface area contributed by atoms with Crippen LogP contribution in [0.5, 0.6) is 11.5 Å². The van der Waals surface area contributed by atoms with Gasteiger partial charge in [0.15, 0.2) is 11.5 Å². The van der Waals surface area contributed by atoms with Crippen molar-refractivity contribution in [3.63, 3.8) is 0 Å². The molecule has 2 heterocycles. The van der Waals surface area contributed by atoms with E-state index in [2.05, 4.69) is 10.4 Å². The smallest absolute Gasteiger partial charge is 0.305 e. The van der Waals surface area contributed by atoms with Gasteiger partial charge in [-0.3, -0.25) is 19.5 Å². The minimum atomic E-state index is -1.13. The van der Waals surface area contributed by atoms with Gasteiger partial charge in [-0.05, 0) is 30.3 Å². The number of carboxylic acid groups (broad SMARTS) is 1. The van der Waals surface area contributed by atoms with Crippen LogP contribution in [0.4, 0.5) is 4.39 Å². The van der Waals surface area contributed by atoms with E-state index < -0.39 is 35.7 Å². The van der Waals surface area contributed by atoms with Crippen molar-refractivity contribution in [3.8, 4) is 17.2 Å². The highest BCUT2D eigenvalue weighted by Crippen LogP contribution is 2.39. The lowest BCUT2D eigenvalue weighted by Crippen LogP contribution is -2.30. The summed E-state index contributed by atoms with van der Waals surface area (Å²) in [6, 6.07) is 10.2. The van der Waals surface area contributed by atoms with Crippen LogP contribution in [0.25, 0.3) is 5.69 Å². The number of carbonyl (C=O) groups is 2. The first kappa shape index (κ1) is 19.2. The largest absolute Gasteiger partial charge is 0.481 e. The van der Waals surface area contributed by atoms with Crippen molar-refractivity contribution in [2.75, 3.05) is 6.79 Å². The van der Waals surface area contributed by atoms with Crippen molar-refractivity contribution in [2.45, 2.75) is 12.5 Å². The van der Waals surface area contributed by atoms with E-state index in [1.807, 2.05) is 0 Å². The molecule has 3 N–H and O–H groups in total. The number of aromatic amines is 1. The molecular weight excluding hydrogens is 397 g/mol. The number of nitrogens with one attached hydrogen (secondary N) is 2. The van der Waals surface area contributed by atoms with Gasteiger partial charge < -0.3 is 19.9 Å². The fraction of sp³-hybridized carbons (Fsp3) is 0.150. The molecule has 1 aliphatic rings. The summed E-state index contributed by atoms with van der Waals surface area (Å²) in [6.07, 6.45) is -0.408. The molecular formula is C20H16FN3O6. The van der Waals surface area contributed by atoms with Crippen LogP contribution < -0.4 is 20.3 Å². The van der Waals surface area contributed by atoms with Crippen LogP contribution in [0, 0.1) is 5.82 Å². The van der Waals surface area contributed by atoms with Crippen LogP contribution >= 0.6 is 0 Å². The van der Waals surface area contributed by atoms with Crippen molar-refractivity contribution in [3.05, 3.63) is 76.0 Å². The summed E-state index contributed by atoms with van der Waals surface area (Å²) < 4.78 is 24.9. The number of ether oxygens (including phenoxy) is 2. The quantitative estimate of drug-likeness (QED) is 0.568. The highest BCUT2D eigenvalue weighted by Gasteiger charge is 2.27. The van der Waals surface area contributed by atoms with Crippen LogP contribution in [0.2, 0.25) is 0 Å². The molecule has 2 aromatic carbocycles. The van der Waals surface area contributed by atoms with Gasteiger partial charge in [0, 0.05) is 11.6 Å². The molecule has 1 atom stereocenters. The first-order valence-corrected chi connectivity index (χ1v) is 8.91. The van der Waals surface area contributed by atoms with E-state index in [4.69, 9.17) is 9.47 Å². The molecule has 1 aliphatic heterocycles. The zero-order valence-electron chi connectivity index (χ0n) is 15.4. The molecule has 3 aromatic rings. The number of benzene rings is 2. The van der Waals surface area contributed by atoms with E-state index in [0.29, 0.717) is 22.7 Å². The number of fused-ring (bicyclic) bond motifs is 1. The highest BCUT2D eigenvalue weighted by atomic mass is 19.1. The van der Waals surface area contributed by atoms with Crippen LogP contribution in [0.15, 0.2) is 53.3 Å². The second-order valence-electron chi connectivity index (χ2n) is 6.52. The molecule has 0 saturated heterocycles. The van der Waals surface area contributed by atoms with Crippen LogP contribution in [0.3, 0.4) is 0 Å². The lowest BCUT2D eigenvalue weighted by Gasteiger charge is -2.18. The number of hydrogen-bond donors (Lipinski definition) is 3. The number of carboxylic acids is 1. The number of H-pyrrole nitrogens is 1. The SMILES string of the molecule is O=C(O)CC(NC(=O)c1cc(=O)n(-c2ccc(F)cc2)[nH]1)c1cccc2c1OCO2. The summed E-state index contributed by atoms with van der Waals surface area (Å²) >= 11 is 0. The highest BCUT2D eigenvalue weighted by molar-refractivity contribution is 5.92. The summed E-state index contributed by atoms with van der Waals surface area (Å²) in [5, 5.41) is 14.5. The topological polar surface area (TPSA) is 123 Å². The van der Waals surface area contributed by atoms with E-state index in [1.165, 1.54) is 24.3 Å². The van der Waals surface area contributed by atoms with E-state index in [-0.39, 0.29) is 12.5 Å². The molecule has 9 nitrogen and oxygen atoms in total. The third kappa shape index (κ3) is 3.75. The van der Waals surface area contributed by atoms with Gasteiger partial charge in [-0.25, -0.2) is 9.07 Å². The molecule has 0 bridgehead atoms. The average molecular weight is 413 g/mol. The number of hydrogen-bond acceptors (Lipinski definition) is 5. The predicted molar refractivity (Wildman–Crippen MR) is 101 cm³/mol. The van der Waals surface area contributed by atoms with Crippen molar-refractivity contribution in [1.82, 2.24) is 15.1 Å². The molecule has 0 spiro atoms. The molecule has 0 aliphatic carbocycles. The van der Waals surface area contributed by atoms with E-state index >= 15 is 0 Å². The number of aromatic nitrogens is 2. The monoisotopic (exact) mass is 413 g/mol. The van der Waals surface area contributed by atoms with Crippen molar-refractivity contribution < 1.29 is 28.6 Å². The van der Waals surface area contributed by atoms with Gasteiger partial charge in [-0.15, -0.1) is 0 Å². The Kier molecular flexibility index (Phi) is 4.97. The zero-order chi connectivity index (χ0) is 21.3. The molecule has 0 saturated carbocycles. The molecule has 0 fully saturated rings. The van der Waals surface area contributed by atoms with Gasteiger partial charge in [0.1, 0.15) is 11.5 Å². The summed E-state index contributed by atoms with van der Waals surface area (Å²) in [6.45, 7) is -0.00603. The Morgan fingerprint density at radius 1 is 1.20 bits per heavy atom. The third-order valence-corrected chi connectivity index (χ3v) is 4.54. The molecule has 30 heavy (non-hydrogen) atoms. The maximum Gasteiger partial charge on any atom is 0.305 e. The van der Waals surface area contributed by atoms with Crippen molar-refractivity contribution >= 4 is 11.9 Å². The Bertz CT molecular complexity index is 1170. The van der Waals surface area contributed by atoms with Gasteiger partial charge in [0.25, 0.3) is 11.5 Å². The predicted octanol–water partition coefficient (Wildman–Crippen LogP) is 1.98.